The molecule has 0 aliphatic rings. The SMILES string of the molecule is CCOC(=O)C(C/C=C(\C)CC/C=C(\C)CC/C=C(\C)CC/C=C(\C)CCC=C(C)C)(C/C=C(\C)CC/C=C(\C)CC/C=C(\C)CC/C=C(\C)CCC=C(C)C)C(C)=O. The molecule has 0 rings (SSSR count). The summed E-state index contributed by atoms with van der Waals surface area (Å²) in [5.41, 5.74) is 12.8. The molecular weight excluding hydrogens is 721 g/mol. The third-order valence-corrected chi connectivity index (χ3v) is 11.3. The van der Waals surface area contributed by atoms with E-state index in [2.05, 4.69) is 144 Å². The van der Waals surface area contributed by atoms with Crippen molar-refractivity contribution in [2.75, 3.05) is 6.61 Å². The second-order valence-corrected chi connectivity index (χ2v) is 18.0. The number of carbonyl (C=O) groups excluding carboxylic acids is 2. The van der Waals surface area contributed by atoms with Crippen LogP contribution in [0.25, 0.3) is 0 Å². The molecule has 0 saturated carbocycles. The Kier molecular flexibility index (Phi) is 31.3. The van der Waals surface area contributed by atoms with Crippen molar-refractivity contribution in [3.8, 4) is 0 Å². The van der Waals surface area contributed by atoms with Crippen LogP contribution in [0.2, 0.25) is 0 Å². The van der Waals surface area contributed by atoms with E-state index in [4.69, 9.17) is 4.74 Å². The Balaban J connectivity index is 5.11. The standard InChI is InChI=1S/C56H90O3/c1-15-59-55(58)56(54(14)57,42-40-52(12)38-22-36-50(10)34-20-32-48(8)30-18-28-46(6)26-16-24-44(2)3)43-41-53(13)39-23-37-51(11)35-21-33-49(9)31-19-29-47(7)27-17-25-45(4)5/h24-25,28-29,32-33,36-37,40-41H,15-23,26-27,30-31,34-35,38-39,42-43H2,1-14H3/b46-28+,47-29+,48-32+,49-33+,50-36+,51-37+,52-40+,53-41+. The van der Waals surface area contributed by atoms with Crippen LogP contribution >= 0.6 is 0 Å². The summed E-state index contributed by atoms with van der Waals surface area (Å²) in [6, 6.07) is 0. The van der Waals surface area contributed by atoms with Crippen molar-refractivity contribution in [1.82, 2.24) is 0 Å². The van der Waals surface area contributed by atoms with Crippen LogP contribution < -0.4 is 0 Å². The van der Waals surface area contributed by atoms with Gasteiger partial charge in [-0.1, -0.05) is 116 Å². The van der Waals surface area contributed by atoms with E-state index in [1.54, 1.807) is 6.92 Å². The van der Waals surface area contributed by atoms with Crippen molar-refractivity contribution in [3.63, 3.8) is 0 Å². The van der Waals surface area contributed by atoms with E-state index in [9.17, 15) is 9.59 Å². The minimum atomic E-state index is -1.19. The Morgan fingerprint density at radius 2 is 0.576 bits per heavy atom. The van der Waals surface area contributed by atoms with E-state index in [0.29, 0.717) is 12.8 Å². The molecule has 0 N–H and O–H groups in total. The molecule has 0 saturated heterocycles. The molecule has 332 valence electrons. The van der Waals surface area contributed by atoms with Crippen LogP contribution in [0.4, 0.5) is 0 Å². The van der Waals surface area contributed by atoms with E-state index in [0.717, 1.165) is 103 Å². The van der Waals surface area contributed by atoms with Crippen LogP contribution in [0, 0.1) is 5.41 Å². The lowest BCUT2D eigenvalue weighted by atomic mass is 9.76. The van der Waals surface area contributed by atoms with Crippen molar-refractivity contribution in [3.05, 3.63) is 116 Å². The number of hydrogen-bond donors (Lipinski definition) is 0. The van der Waals surface area contributed by atoms with Gasteiger partial charge in [0.25, 0.3) is 0 Å². The molecule has 0 heterocycles. The zero-order chi connectivity index (χ0) is 44.6. The smallest absolute Gasteiger partial charge is 0.320 e. The van der Waals surface area contributed by atoms with Crippen molar-refractivity contribution >= 4 is 11.8 Å². The van der Waals surface area contributed by atoms with E-state index < -0.39 is 11.4 Å². The molecule has 0 radical (unpaired) electrons. The molecule has 0 aromatic carbocycles. The largest absolute Gasteiger partial charge is 0.465 e. The minimum Gasteiger partial charge on any atom is -0.465 e. The predicted octanol–water partition coefficient (Wildman–Crippen LogP) is 17.6. The molecule has 0 bridgehead atoms. The van der Waals surface area contributed by atoms with Gasteiger partial charge in [-0.2, -0.15) is 0 Å². The molecule has 0 aromatic heterocycles. The molecule has 0 aliphatic heterocycles. The highest BCUT2D eigenvalue weighted by Crippen LogP contribution is 2.33. The van der Waals surface area contributed by atoms with Gasteiger partial charge in [-0.3, -0.25) is 9.59 Å². The lowest BCUT2D eigenvalue weighted by Crippen LogP contribution is -2.39. The van der Waals surface area contributed by atoms with Gasteiger partial charge in [-0.15, -0.1) is 0 Å². The second-order valence-electron chi connectivity index (χ2n) is 18.0. The van der Waals surface area contributed by atoms with Gasteiger partial charge in [-0.05, 0) is 213 Å². The first-order valence-electron chi connectivity index (χ1n) is 23.1. The molecule has 59 heavy (non-hydrogen) atoms. The number of hydrogen-bond acceptors (Lipinski definition) is 3. The Labute approximate surface area is 365 Å². The Morgan fingerprint density at radius 3 is 0.780 bits per heavy atom. The summed E-state index contributed by atoms with van der Waals surface area (Å²) in [4.78, 5) is 26.6. The van der Waals surface area contributed by atoms with Crippen LogP contribution in [-0.4, -0.2) is 18.4 Å². The van der Waals surface area contributed by atoms with Crippen molar-refractivity contribution in [2.45, 2.75) is 213 Å². The minimum absolute atomic E-state index is 0.126. The summed E-state index contributed by atoms with van der Waals surface area (Å²) in [6.07, 6.45) is 41.0. The van der Waals surface area contributed by atoms with E-state index in [-0.39, 0.29) is 12.4 Å². The van der Waals surface area contributed by atoms with Gasteiger partial charge in [0.1, 0.15) is 11.2 Å². The average Bonchev–Trinajstić information content (AvgIpc) is 3.14. The predicted molar refractivity (Wildman–Crippen MR) is 262 cm³/mol. The van der Waals surface area contributed by atoms with Crippen LogP contribution in [0.15, 0.2) is 116 Å². The summed E-state index contributed by atoms with van der Waals surface area (Å²) in [7, 11) is 0. The molecule has 0 spiro atoms. The Morgan fingerprint density at radius 1 is 0.356 bits per heavy atom. The van der Waals surface area contributed by atoms with E-state index >= 15 is 0 Å². The van der Waals surface area contributed by atoms with Gasteiger partial charge in [0, 0.05) is 0 Å². The number of allylic oxidation sites excluding steroid dienone is 20. The summed E-state index contributed by atoms with van der Waals surface area (Å²) in [5.74, 6) is -0.534. The molecule has 0 atom stereocenters. The molecule has 3 nitrogen and oxygen atoms in total. The maximum absolute atomic E-state index is 13.4. The number of esters is 1. The lowest BCUT2D eigenvalue weighted by molar-refractivity contribution is -0.159. The fraction of sp³-hybridized carbons (Fsp3) is 0.607. The van der Waals surface area contributed by atoms with Crippen LogP contribution in [0.1, 0.15) is 213 Å². The van der Waals surface area contributed by atoms with Gasteiger partial charge in [-0.25, -0.2) is 0 Å². The Hall–Kier alpha value is -3.46. The van der Waals surface area contributed by atoms with Gasteiger partial charge < -0.3 is 4.74 Å². The normalized spacial score (nSPS) is 14.1. The topological polar surface area (TPSA) is 43.4 Å². The third-order valence-electron chi connectivity index (χ3n) is 11.3. The lowest BCUT2D eigenvalue weighted by Gasteiger charge is -2.27. The summed E-state index contributed by atoms with van der Waals surface area (Å²) < 4.78 is 5.52. The summed E-state index contributed by atoms with van der Waals surface area (Å²) >= 11 is 0. The highest BCUT2D eigenvalue weighted by molar-refractivity contribution is 6.03. The van der Waals surface area contributed by atoms with E-state index in [1.165, 1.54) is 55.7 Å². The average molecular weight is 811 g/mol. The zero-order valence-electron chi connectivity index (χ0n) is 40.9. The second kappa shape index (κ2) is 33.3. The number of carbonyl (C=O) groups is 2. The van der Waals surface area contributed by atoms with Crippen LogP contribution in [0.3, 0.4) is 0 Å². The van der Waals surface area contributed by atoms with Crippen LogP contribution in [0.5, 0.6) is 0 Å². The maximum atomic E-state index is 13.4. The zero-order valence-corrected chi connectivity index (χ0v) is 40.9. The van der Waals surface area contributed by atoms with Crippen molar-refractivity contribution < 1.29 is 14.3 Å². The molecular formula is C56H90O3. The van der Waals surface area contributed by atoms with Gasteiger partial charge in [0.05, 0.1) is 6.61 Å². The monoisotopic (exact) mass is 811 g/mol. The van der Waals surface area contributed by atoms with E-state index in [1.807, 2.05) is 6.92 Å². The van der Waals surface area contributed by atoms with Gasteiger partial charge in [0.2, 0.25) is 0 Å². The molecule has 3 heteroatoms. The van der Waals surface area contributed by atoms with Gasteiger partial charge >= 0.3 is 5.97 Å². The first-order valence-corrected chi connectivity index (χ1v) is 23.1. The molecule has 0 fully saturated rings. The fourth-order valence-electron chi connectivity index (χ4n) is 6.92. The molecule has 0 amide bonds. The highest BCUT2D eigenvalue weighted by Gasteiger charge is 2.43. The quantitative estimate of drug-likeness (QED) is 0.0398. The van der Waals surface area contributed by atoms with Crippen molar-refractivity contribution in [2.24, 2.45) is 5.41 Å². The molecule has 0 aliphatic carbocycles. The maximum Gasteiger partial charge on any atom is 0.320 e. The first-order chi connectivity index (χ1) is 27.9. The first kappa shape index (κ1) is 55.5. The number of rotatable bonds is 31. The molecule has 0 aromatic rings. The summed E-state index contributed by atoms with van der Waals surface area (Å²) in [5, 5.41) is 0. The number of ether oxygens (including phenoxy) is 1. The highest BCUT2D eigenvalue weighted by atomic mass is 16.5. The third kappa shape index (κ3) is 29.4. The molecule has 0 unspecified atom stereocenters. The Bertz CT molecular complexity index is 1460. The van der Waals surface area contributed by atoms with Gasteiger partial charge in [0.15, 0.2) is 0 Å². The van der Waals surface area contributed by atoms with Crippen molar-refractivity contribution in [1.29, 1.82) is 0 Å². The number of ketones is 1. The fourth-order valence-corrected chi connectivity index (χ4v) is 6.92. The van der Waals surface area contributed by atoms with Crippen LogP contribution in [-0.2, 0) is 14.3 Å². The summed E-state index contributed by atoms with van der Waals surface area (Å²) in [6.45, 7) is 30.0. The number of Topliss-reactive ketones (excluding diaryl/α,β-unsaturated/α-hetero) is 1.